The van der Waals surface area contributed by atoms with Gasteiger partial charge in [-0.25, -0.2) is 0 Å². The second-order valence-electron chi connectivity index (χ2n) is 8.43. The van der Waals surface area contributed by atoms with Gasteiger partial charge in [0.05, 0.1) is 6.61 Å². The van der Waals surface area contributed by atoms with Gasteiger partial charge in [-0.15, -0.1) is 0 Å². The standard InChI is InChI=1S/C27H48OS/c1-2-3-4-5-6-11-14-20-25-29-26-21-15-12-9-7-8-10-13-19-24-28-27-22-17-16-18-23-27/h16-18,22-23H,2-15,19-21,24-26H2,1H3. The van der Waals surface area contributed by atoms with Crippen LogP contribution in [-0.2, 0) is 0 Å². The molecule has 0 aromatic heterocycles. The molecule has 0 unspecified atom stereocenters. The van der Waals surface area contributed by atoms with Crippen molar-refractivity contribution in [2.75, 3.05) is 18.1 Å². The Morgan fingerprint density at radius 1 is 0.552 bits per heavy atom. The summed E-state index contributed by atoms with van der Waals surface area (Å²) < 4.78 is 5.74. The Morgan fingerprint density at radius 2 is 1.00 bits per heavy atom. The van der Waals surface area contributed by atoms with Crippen LogP contribution in [0, 0.1) is 0 Å². The molecule has 0 amide bonds. The Morgan fingerprint density at radius 3 is 1.52 bits per heavy atom. The molecular formula is C27H48OS. The van der Waals surface area contributed by atoms with Gasteiger partial charge in [0.2, 0.25) is 0 Å². The number of ether oxygens (including phenoxy) is 1. The first kappa shape index (κ1) is 26.4. The highest BCUT2D eigenvalue weighted by Gasteiger charge is 1.96. The van der Waals surface area contributed by atoms with Crippen molar-refractivity contribution < 1.29 is 4.74 Å². The summed E-state index contributed by atoms with van der Waals surface area (Å²) >= 11 is 2.19. The van der Waals surface area contributed by atoms with Gasteiger partial charge >= 0.3 is 0 Å². The smallest absolute Gasteiger partial charge is 0.119 e. The summed E-state index contributed by atoms with van der Waals surface area (Å²) in [7, 11) is 0. The number of rotatable bonds is 22. The Hall–Kier alpha value is -0.630. The summed E-state index contributed by atoms with van der Waals surface area (Å²) in [6, 6.07) is 10.2. The monoisotopic (exact) mass is 420 g/mol. The van der Waals surface area contributed by atoms with Crippen molar-refractivity contribution in [1.82, 2.24) is 0 Å². The number of para-hydroxylation sites is 1. The van der Waals surface area contributed by atoms with Crippen LogP contribution in [0.15, 0.2) is 30.3 Å². The number of benzene rings is 1. The lowest BCUT2D eigenvalue weighted by molar-refractivity contribution is 0.304. The summed E-state index contributed by atoms with van der Waals surface area (Å²) in [5, 5.41) is 0. The highest BCUT2D eigenvalue weighted by atomic mass is 32.2. The van der Waals surface area contributed by atoms with E-state index in [0.717, 1.165) is 12.4 Å². The van der Waals surface area contributed by atoms with Gasteiger partial charge in [-0.05, 0) is 42.9 Å². The minimum atomic E-state index is 0.862. The minimum absolute atomic E-state index is 0.862. The molecule has 0 bridgehead atoms. The van der Waals surface area contributed by atoms with Crippen molar-refractivity contribution in [2.45, 2.75) is 116 Å². The molecule has 29 heavy (non-hydrogen) atoms. The molecule has 1 aromatic rings. The van der Waals surface area contributed by atoms with E-state index in [4.69, 9.17) is 4.74 Å². The molecule has 0 aliphatic carbocycles. The first-order chi connectivity index (χ1) is 14.4. The van der Waals surface area contributed by atoms with Gasteiger partial charge in [0.15, 0.2) is 0 Å². The summed E-state index contributed by atoms with van der Waals surface area (Å²) in [4.78, 5) is 0. The molecule has 2 heteroatoms. The number of thioether (sulfide) groups is 1. The van der Waals surface area contributed by atoms with Gasteiger partial charge in [0.1, 0.15) is 5.75 Å². The Kier molecular flexibility index (Phi) is 20.1. The van der Waals surface area contributed by atoms with E-state index < -0.39 is 0 Å². The zero-order chi connectivity index (χ0) is 20.7. The van der Waals surface area contributed by atoms with Crippen molar-refractivity contribution in [2.24, 2.45) is 0 Å². The average Bonchev–Trinajstić information content (AvgIpc) is 2.75. The fourth-order valence-corrected chi connectivity index (χ4v) is 4.71. The third-order valence-corrected chi connectivity index (χ3v) is 6.74. The zero-order valence-corrected chi connectivity index (χ0v) is 20.2. The fraction of sp³-hybridized carbons (Fsp3) is 0.778. The lowest BCUT2D eigenvalue weighted by atomic mass is 10.1. The normalized spacial score (nSPS) is 11.1. The topological polar surface area (TPSA) is 9.23 Å². The minimum Gasteiger partial charge on any atom is -0.494 e. The van der Waals surface area contributed by atoms with E-state index in [0.29, 0.717) is 0 Å². The van der Waals surface area contributed by atoms with Crippen LogP contribution in [0.3, 0.4) is 0 Å². The van der Waals surface area contributed by atoms with Crippen LogP contribution in [-0.4, -0.2) is 18.1 Å². The Balaban J connectivity index is 1.66. The molecule has 0 saturated heterocycles. The van der Waals surface area contributed by atoms with Crippen molar-refractivity contribution in [1.29, 1.82) is 0 Å². The molecule has 1 rings (SSSR count). The molecule has 0 aliphatic rings. The SMILES string of the molecule is CCCCCCCCCCSCCCCCCCCCCCOc1ccccc1. The number of unbranched alkanes of at least 4 members (excludes halogenated alkanes) is 15. The van der Waals surface area contributed by atoms with Crippen LogP contribution in [0.5, 0.6) is 5.75 Å². The molecule has 0 spiro atoms. The van der Waals surface area contributed by atoms with E-state index in [1.165, 1.54) is 121 Å². The van der Waals surface area contributed by atoms with Gasteiger partial charge < -0.3 is 4.74 Å². The predicted octanol–water partition coefficient (Wildman–Crippen LogP) is 9.45. The molecule has 0 N–H and O–H groups in total. The van der Waals surface area contributed by atoms with Crippen LogP contribution in [0.25, 0.3) is 0 Å². The van der Waals surface area contributed by atoms with E-state index in [1.807, 2.05) is 30.3 Å². The first-order valence-corrected chi connectivity index (χ1v) is 13.8. The maximum Gasteiger partial charge on any atom is 0.119 e. The highest BCUT2D eigenvalue weighted by molar-refractivity contribution is 7.99. The third-order valence-electron chi connectivity index (χ3n) is 5.59. The van der Waals surface area contributed by atoms with Crippen molar-refractivity contribution in [3.63, 3.8) is 0 Å². The van der Waals surface area contributed by atoms with Gasteiger partial charge in [-0.1, -0.05) is 115 Å². The fourth-order valence-electron chi connectivity index (χ4n) is 3.69. The van der Waals surface area contributed by atoms with Crippen molar-refractivity contribution in [3.8, 4) is 5.75 Å². The van der Waals surface area contributed by atoms with Gasteiger partial charge in [0, 0.05) is 0 Å². The highest BCUT2D eigenvalue weighted by Crippen LogP contribution is 2.15. The average molecular weight is 421 g/mol. The maximum absolute atomic E-state index is 5.74. The van der Waals surface area contributed by atoms with Gasteiger partial charge in [-0.3, -0.25) is 0 Å². The molecule has 1 nitrogen and oxygen atoms in total. The van der Waals surface area contributed by atoms with Crippen molar-refractivity contribution in [3.05, 3.63) is 30.3 Å². The molecule has 1 aromatic carbocycles. The summed E-state index contributed by atoms with van der Waals surface area (Å²) in [6.45, 7) is 3.16. The molecule has 0 fully saturated rings. The largest absolute Gasteiger partial charge is 0.494 e. The summed E-state index contributed by atoms with van der Waals surface area (Å²) in [6.07, 6.45) is 24.0. The first-order valence-electron chi connectivity index (χ1n) is 12.7. The number of hydrogen-bond donors (Lipinski definition) is 0. The molecular weight excluding hydrogens is 372 g/mol. The summed E-state index contributed by atoms with van der Waals surface area (Å²) in [5.74, 6) is 3.78. The van der Waals surface area contributed by atoms with E-state index in [1.54, 1.807) is 0 Å². The third kappa shape index (κ3) is 19.1. The van der Waals surface area contributed by atoms with Gasteiger partial charge in [-0.2, -0.15) is 11.8 Å². The van der Waals surface area contributed by atoms with Crippen LogP contribution >= 0.6 is 11.8 Å². The van der Waals surface area contributed by atoms with E-state index in [-0.39, 0.29) is 0 Å². The molecule has 0 atom stereocenters. The molecule has 0 saturated carbocycles. The summed E-state index contributed by atoms with van der Waals surface area (Å²) in [5.41, 5.74) is 0. The van der Waals surface area contributed by atoms with Crippen molar-refractivity contribution >= 4 is 11.8 Å². The Bertz CT molecular complexity index is 420. The molecule has 0 radical (unpaired) electrons. The maximum atomic E-state index is 5.74. The lowest BCUT2D eigenvalue weighted by Crippen LogP contribution is -1.96. The quantitative estimate of drug-likeness (QED) is 0.173. The molecule has 168 valence electrons. The van der Waals surface area contributed by atoms with Crippen LogP contribution in [0.4, 0.5) is 0 Å². The molecule has 0 aliphatic heterocycles. The molecule has 0 heterocycles. The van der Waals surface area contributed by atoms with E-state index in [9.17, 15) is 0 Å². The predicted molar refractivity (Wildman–Crippen MR) is 133 cm³/mol. The van der Waals surface area contributed by atoms with E-state index >= 15 is 0 Å². The lowest BCUT2D eigenvalue weighted by Gasteiger charge is -2.06. The second-order valence-corrected chi connectivity index (χ2v) is 9.66. The van der Waals surface area contributed by atoms with E-state index in [2.05, 4.69) is 18.7 Å². The zero-order valence-electron chi connectivity index (χ0n) is 19.3. The van der Waals surface area contributed by atoms with Crippen LogP contribution < -0.4 is 4.74 Å². The number of hydrogen-bond acceptors (Lipinski definition) is 2. The van der Waals surface area contributed by atoms with Crippen LogP contribution in [0.1, 0.15) is 116 Å². The Labute approximate surface area is 186 Å². The second kappa shape index (κ2) is 22.1. The van der Waals surface area contributed by atoms with Crippen LogP contribution in [0.2, 0.25) is 0 Å². The van der Waals surface area contributed by atoms with Gasteiger partial charge in [0.25, 0.3) is 0 Å².